The number of rotatable bonds is 8. The molecule has 0 bridgehead atoms. The standard InChI is InChI=1S/C56H36N4S/c1-4-16-37(17-5-1)49-36-50(58-55(57-49)39-20-8-3-9-21-39)46-28-14-26-44(34-46)42-24-12-22-40(32-42)41-23-13-25-43(33-41)45-27-15-29-47(35-45)56-59-52(38-18-6-2-7-19-38)54-53(60-56)48-30-10-11-31-51(48)61-54/h1-36H. The Bertz CT molecular complexity index is 3300. The normalized spacial score (nSPS) is 11.3. The second-order valence-corrected chi connectivity index (χ2v) is 16.1. The van der Waals surface area contributed by atoms with Gasteiger partial charge in [-0.2, -0.15) is 0 Å². The van der Waals surface area contributed by atoms with Crippen molar-refractivity contribution in [2.24, 2.45) is 0 Å². The van der Waals surface area contributed by atoms with E-state index in [2.05, 4.69) is 176 Å². The molecule has 3 heterocycles. The van der Waals surface area contributed by atoms with Crippen LogP contribution in [-0.4, -0.2) is 19.9 Å². The van der Waals surface area contributed by atoms with Crippen molar-refractivity contribution in [1.82, 2.24) is 19.9 Å². The molecule has 11 rings (SSSR count). The molecule has 0 saturated heterocycles. The van der Waals surface area contributed by atoms with Gasteiger partial charge in [0, 0.05) is 37.9 Å². The maximum absolute atomic E-state index is 5.23. The zero-order valence-electron chi connectivity index (χ0n) is 33.0. The van der Waals surface area contributed by atoms with Gasteiger partial charge in [0.1, 0.15) is 0 Å². The molecular weight excluding hydrogens is 761 g/mol. The van der Waals surface area contributed by atoms with E-state index in [0.717, 1.165) is 99.7 Å². The molecule has 0 spiro atoms. The smallest absolute Gasteiger partial charge is 0.160 e. The van der Waals surface area contributed by atoms with Crippen LogP contribution >= 0.6 is 11.3 Å². The van der Waals surface area contributed by atoms with Crippen molar-refractivity contribution in [2.75, 3.05) is 0 Å². The fourth-order valence-corrected chi connectivity index (χ4v) is 9.19. The van der Waals surface area contributed by atoms with Crippen LogP contribution in [0.4, 0.5) is 0 Å². The lowest BCUT2D eigenvalue weighted by atomic mass is 9.95. The molecule has 0 atom stereocenters. The molecule has 0 saturated carbocycles. The van der Waals surface area contributed by atoms with Gasteiger partial charge in [-0.1, -0.05) is 182 Å². The zero-order chi connectivity index (χ0) is 40.5. The maximum atomic E-state index is 5.23. The van der Waals surface area contributed by atoms with Crippen LogP contribution in [0.3, 0.4) is 0 Å². The van der Waals surface area contributed by atoms with Crippen LogP contribution in [0.25, 0.3) is 110 Å². The van der Waals surface area contributed by atoms with Gasteiger partial charge in [0.15, 0.2) is 11.6 Å². The lowest BCUT2D eigenvalue weighted by Gasteiger charge is -2.12. The second-order valence-electron chi connectivity index (χ2n) is 15.1. The van der Waals surface area contributed by atoms with Crippen LogP contribution in [0, 0.1) is 0 Å². The Hall–Kier alpha value is -7.86. The third-order valence-electron chi connectivity index (χ3n) is 11.1. The van der Waals surface area contributed by atoms with Crippen molar-refractivity contribution in [1.29, 1.82) is 0 Å². The fraction of sp³-hybridized carbons (Fsp3) is 0. The SMILES string of the molecule is c1ccc(-c2cc(-c3cccc(-c4cccc(-c5cccc(-c6cccc(-c7nc(-c8ccccc8)c8sc9ccccc9c8n7)c6)c5)c4)c3)nc(-c3ccccc3)n2)cc1. The van der Waals surface area contributed by atoms with Gasteiger partial charge in [-0.25, -0.2) is 19.9 Å². The Balaban J connectivity index is 0.933. The first-order chi connectivity index (χ1) is 30.2. The van der Waals surface area contributed by atoms with E-state index in [4.69, 9.17) is 19.9 Å². The Kier molecular flexibility index (Phi) is 9.34. The van der Waals surface area contributed by atoms with E-state index >= 15 is 0 Å². The van der Waals surface area contributed by atoms with Gasteiger partial charge < -0.3 is 0 Å². The Labute approximate surface area is 358 Å². The predicted octanol–water partition coefficient (Wildman–Crippen LogP) is 15.0. The molecule has 0 aliphatic heterocycles. The van der Waals surface area contributed by atoms with Gasteiger partial charge in [-0.05, 0) is 69.8 Å². The molecule has 5 heteroatoms. The summed E-state index contributed by atoms with van der Waals surface area (Å²) in [5.74, 6) is 1.42. The van der Waals surface area contributed by atoms with Crippen molar-refractivity contribution >= 4 is 31.6 Å². The largest absolute Gasteiger partial charge is 0.228 e. The fourth-order valence-electron chi connectivity index (χ4n) is 8.03. The molecule has 0 fully saturated rings. The molecule has 3 aromatic heterocycles. The summed E-state index contributed by atoms with van der Waals surface area (Å²) >= 11 is 1.75. The summed E-state index contributed by atoms with van der Waals surface area (Å²) < 4.78 is 2.32. The van der Waals surface area contributed by atoms with Gasteiger partial charge in [-0.3, -0.25) is 0 Å². The molecule has 4 nitrogen and oxygen atoms in total. The van der Waals surface area contributed by atoms with E-state index in [1.54, 1.807) is 11.3 Å². The lowest BCUT2D eigenvalue weighted by Crippen LogP contribution is -1.96. The first kappa shape index (κ1) is 36.2. The summed E-state index contributed by atoms with van der Waals surface area (Å²) in [7, 11) is 0. The number of hydrogen-bond donors (Lipinski definition) is 0. The zero-order valence-corrected chi connectivity index (χ0v) is 33.8. The Morgan fingerprint density at radius 3 is 1.28 bits per heavy atom. The molecule has 61 heavy (non-hydrogen) atoms. The van der Waals surface area contributed by atoms with Gasteiger partial charge in [0.2, 0.25) is 0 Å². The highest BCUT2D eigenvalue weighted by Gasteiger charge is 2.17. The molecular formula is C56H36N4S. The van der Waals surface area contributed by atoms with Crippen molar-refractivity contribution in [3.63, 3.8) is 0 Å². The third kappa shape index (κ3) is 7.18. The molecule has 0 radical (unpaired) electrons. The number of thiophene rings is 1. The highest BCUT2D eigenvalue weighted by atomic mass is 32.1. The molecule has 0 aliphatic carbocycles. The quantitative estimate of drug-likeness (QED) is 0.154. The molecule has 0 N–H and O–H groups in total. The van der Waals surface area contributed by atoms with Gasteiger partial charge in [-0.15, -0.1) is 11.3 Å². The van der Waals surface area contributed by atoms with E-state index in [1.807, 2.05) is 42.5 Å². The summed E-state index contributed by atoms with van der Waals surface area (Å²) in [4.78, 5) is 20.5. The summed E-state index contributed by atoms with van der Waals surface area (Å²) in [5.41, 5.74) is 15.7. The van der Waals surface area contributed by atoms with Gasteiger partial charge in [0.25, 0.3) is 0 Å². The molecule has 11 aromatic rings. The first-order valence-corrected chi connectivity index (χ1v) is 21.2. The van der Waals surface area contributed by atoms with E-state index < -0.39 is 0 Å². The van der Waals surface area contributed by atoms with Crippen molar-refractivity contribution in [2.45, 2.75) is 0 Å². The number of fused-ring (bicyclic) bond motifs is 3. The van der Waals surface area contributed by atoms with Crippen molar-refractivity contribution < 1.29 is 0 Å². The van der Waals surface area contributed by atoms with Crippen LogP contribution in [0.15, 0.2) is 218 Å². The van der Waals surface area contributed by atoms with Crippen LogP contribution in [0.2, 0.25) is 0 Å². The van der Waals surface area contributed by atoms with E-state index in [9.17, 15) is 0 Å². The number of nitrogens with zero attached hydrogens (tertiary/aromatic N) is 4. The van der Waals surface area contributed by atoms with Crippen molar-refractivity contribution in [3.8, 4) is 89.9 Å². The van der Waals surface area contributed by atoms with Crippen molar-refractivity contribution in [3.05, 3.63) is 218 Å². The first-order valence-electron chi connectivity index (χ1n) is 20.4. The van der Waals surface area contributed by atoms with E-state index in [0.29, 0.717) is 5.82 Å². The van der Waals surface area contributed by atoms with E-state index in [1.165, 1.54) is 4.70 Å². The van der Waals surface area contributed by atoms with Crippen LogP contribution in [0.5, 0.6) is 0 Å². The minimum absolute atomic E-state index is 0.705. The topological polar surface area (TPSA) is 51.6 Å². The van der Waals surface area contributed by atoms with Crippen LogP contribution in [-0.2, 0) is 0 Å². The maximum Gasteiger partial charge on any atom is 0.160 e. The highest BCUT2D eigenvalue weighted by Crippen LogP contribution is 2.40. The van der Waals surface area contributed by atoms with E-state index in [-0.39, 0.29) is 0 Å². The Morgan fingerprint density at radius 2 is 0.689 bits per heavy atom. The summed E-state index contributed by atoms with van der Waals surface area (Å²) in [6.45, 7) is 0. The minimum Gasteiger partial charge on any atom is -0.228 e. The van der Waals surface area contributed by atoms with Gasteiger partial charge in [0.05, 0.1) is 27.3 Å². The second kappa shape index (κ2) is 15.7. The third-order valence-corrected chi connectivity index (χ3v) is 12.3. The summed E-state index contributed by atoms with van der Waals surface area (Å²) in [6, 6.07) is 76.3. The molecule has 8 aromatic carbocycles. The van der Waals surface area contributed by atoms with Crippen LogP contribution in [0.1, 0.15) is 0 Å². The lowest BCUT2D eigenvalue weighted by molar-refractivity contribution is 1.18. The monoisotopic (exact) mass is 796 g/mol. The number of aromatic nitrogens is 4. The highest BCUT2D eigenvalue weighted by molar-refractivity contribution is 7.26. The molecule has 0 amide bonds. The average molecular weight is 797 g/mol. The average Bonchev–Trinajstić information content (AvgIpc) is 3.73. The summed E-state index contributed by atoms with van der Waals surface area (Å²) in [5, 5.41) is 1.16. The molecule has 0 unspecified atom stereocenters. The van der Waals surface area contributed by atoms with Gasteiger partial charge >= 0.3 is 0 Å². The minimum atomic E-state index is 0.705. The summed E-state index contributed by atoms with van der Waals surface area (Å²) in [6.07, 6.45) is 0. The molecule has 286 valence electrons. The number of hydrogen-bond acceptors (Lipinski definition) is 5. The molecule has 0 aliphatic rings. The Morgan fingerprint density at radius 1 is 0.279 bits per heavy atom. The predicted molar refractivity (Wildman–Crippen MR) is 254 cm³/mol. The van der Waals surface area contributed by atoms with Crippen LogP contribution < -0.4 is 0 Å². The number of benzene rings is 8.